The van der Waals surface area contributed by atoms with Crippen LogP contribution in [0.4, 0.5) is 36.8 Å². The highest BCUT2D eigenvalue weighted by Crippen LogP contribution is 2.33. The third-order valence-corrected chi connectivity index (χ3v) is 6.26. The molecule has 5 nitrogen and oxygen atoms in total. The first-order valence-electron chi connectivity index (χ1n) is 11.3. The van der Waals surface area contributed by atoms with E-state index >= 15 is 0 Å². The van der Waals surface area contributed by atoms with E-state index in [1.54, 1.807) is 6.07 Å². The van der Waals surface area contributed by atoms with Crippen LogP contribution in [0.2, 0.25) is 0 Å². The van der Waals surface area contributed by atoms with E-state index in [4.69, 9.17) is 0 Å². The summed E-state index contributed by atoms with van der Waals surface area (Å²) in [5.41, 5.74) is -0.0828. The standard InChI is InChI=1S/C22H30F6N4O/c23-21(24,25)17-5-3-7-19(15-17)31-13-11-30(12-14-31)9-2-1-8-29-20(33)32-10-4-6-18(16-32)22(26,27)28/h3,5,7,15,18H,1-2,4,6,8-14,16H2,(H,29,33). The molecule has 0 aromatic heterocycles. The van der Waals surface area contributed by atoms with E-state index < -0.39 is 29.9 Å². The van der Waals surface area contributed by atoms with Gasteiger partial charge in [-0.25, -0.2) is 4.79 Å². The van der Waals surface area contributed by atoms with Gasteiger partial charge in [-0.05, 0) is 50.4 Å². The van der Waals surface area contributed by atoms with Crippen LogP contribution in [-0.4, -0.2) is 74.4 Å². The highest BCUT2D eigenvalue weighted by Gasteiger charge is 2.42. The number of carbonyl (C=O) groups is 1. The lowest BCUT2D eigenvalue weighted by atomic mass is 9.98. The molecule has 1 aromatic rings. The highest BCUT2D eigenvalue weighted by atomic mass is 19.4. The summed E-state index contributed by atoms with van der Waals surface area (Å²) < 4.78 is 77.4. The van der Waals surface area contributed by atoms with Crippen LogP contribution in [-0.2, 0) is 6.18 Å². The van der Waals surface area contributed by atoms with Crippen LogP contribution in [0.15, 0.2) is 24.3 Å². The molecule has 2 heterocycles. The Morgan fingerprint density at radius 3 is 2.39 bits per heavy atom. The van der Waals surface area contributed by atoms with E-state index in [1.807, 2.05) is 4.90 Å². The number of piperidine rings is 1. The number of likely N-dealkylation sites (tertiary alicyclic amines) is 1. The number of rotatable bonds is 6. The van der Waals surface area contributed by atoms with Crippen molar-refractivity contribution in [1.29, 1.82) is 0 Å². The van der Waals surface area contributed by atoms with Gasteiger partial charge in [0.1, 0.15) is 0 Å². The molecule has 1 N–H and O–H groups in total. The minimum atomic E-state index is -4.36. The average Bonchev–Trinajstić information content (AvgIpc) is 2.78. The number of alkyl halides is 6. The van der Waals surface area contributed by atoms with E-state index in [2.05, 4.69) is 10.2 Å². The van der Waals surface area contributed by atoms with Gasteiger partial charge in [0.25, 0.3) is 0 Å². The SMILES string of the molecule is O=C(NCCCCN1CCN(c2cccc(C(F)(F)F)c2)CC1)N1CCCC(C(F)(F)F)C1. The molecule has 2 fully saturated rings. The van der Waals surface area contributed by atoms with Gasteiger partial charge >= 0.3 is 18.4 Å². The Balaban J connectivity index is 1.32. The average molecular weight is 480 g/mol. The molecule has 1 aromatic carbocycles. The van der Waals surface area contributed by atoms with Crippen molar-refractivity contribution in [1.82, 2.24) is 15.1 Å². The predicted octanol–water partition coefficient (Wildman–Crippen LogP) is 4.59. The van der Waals surface area contributed by atoms with E-state index in [-0.39, 0.29) is 13.0 Å². The first-order valence-corrected chi connectivity index (χ1v) is 11.3. The Labute approximate surface area is 189 Å². The van der Waals surface area contributed by atoms with Crippen molar-refractivity contribution in [2.45, 2.75) is 38.0 Å². The number of halogens is 6. The Morgan fingerprint density at radius 2 is 1.73 bits per heavy atom. The van der Waals surface area contributed by atoms with Gasteiger partial charge in [-0.2, -0.15) is 26.3 Å². The number of unbranched alkanes of at least 4 members (excludes halogenated alkanes) is 1. The van der Waals surface area contributed by atoms with E-state index in [9.17, 15) is 31.1 Å². The molecule has 33 heavy (non-hydrogen) atoms. The predicted molar refractivity (Wildman–Crippen MR) is 113 cm³/mol. The van der Waals surface area contributed by atoms with Crippen LogP contribution in [0.25, 0.3) is 0 Å². The van der Waals surface area contributed by atoms with Crippen LogP contribution in [0.3, 0.4) is 0 Å². The van der Waals surface area contributed by atoms with Crippen LogP contribution >= 0.6 is 0 Å². The number of amides is 2. The number of hydrogen-bond donors (Lipinski definition) is 1. The van der Waals surface area contributed by atoms with Gasteiger partial charge in [0.2, 0.25) is 0 Å². The van der Waals surface area contributed by atoms with Crippen molar-refractivity contribution in [3.8, 4) is 0 Å². The van der Waals surface area contributed by atoms with Gasteiger partial charge in [0.15, 0.2) is 0 Å². The van der Waals surface area contributed by atoms with Crippen LogP contribution < -0.4 is 10.2 Å². The fraction of sp³-hybridized carbons (Fsp3) is 0.682. The maximum absolute atomic E-state index is 12.9. The topological polar surface area (TPSA) is 38.8 Å². The van der Waals surface area contributed by atoms with Crippen LogP contribution in [0.1, 0.15) is 31.2 Å². The van der Waals surface area contributed by atoms with E-state index in [1.165, 1.54) is 17.0 Å². The Morgan fingerprint density at radius 1 is 1.00 bits per heavy atom. The molecule has 2 aliphatic heterocycles. The zero-order valence-electron chi connectivity index (χ0n) is 18.4. The van der Waals surface area contributed by atoms with Gasteiger partial charge in [-0.15, -0.1) is 0 Å². The summed E-state index contributed by atoms with van der Waals surface area (Å²) in [5, 5.41) is 2.71. The zero-order valence-corrected chi connectivity index (χ0v) is 18.4. The van der Waals surface area contributed by atoms with Crippen molar-refractivity contribution in [2.24, 2.45) is 5.92 Å². The fourth-order valence-corrected chi connectivity index (χ4v) is 4.30. The second-order valence-corrected chi connectivity index (χ2v) is 8.64. The van der Waals surface area contributed by atoms with Gasteiger partial charge in [0, 0.05) is 51.5 Å². The number of urea groups is 1. The number of nitrogens with one attached hydrogen (secondary N) is 1. The Hall–Kier alpha value is -2.17. The zero-order chi connectivity index (χ0) is 24.1. The van der Waals surface area contributed by atoms with Crippen molar-refractivity contribution in [3.05, 3.63) is 29.8 Å². The fourth-order valence-electron chi connectivity index (χ4n) is 4.30. The highest BCUT2D eigenvalue weighted by molar-refractivity contribution is 5.74. The molecule has 1 atom stereocenters. The van der Waals surface area contributed by atoms with Gasteiger partial charge in [-0.1, -0.05) is 6.07 Å². The molecule has 11 heteroatoms. The second-order valence-electron chi connectivity index (χ2n) is 8.64. The third kappa shape index (κ3) is 7.41. The molecular weight excluding hydrogens is 450 g/mol. The second kappa shape index (κ2) is 10.8. The molecular formula is C22H30F6N4O. The summed E-state index contributed by atoms with van der Waals surface area (Å²) in [4.78, 5) is 17.6. The quantitative estimate of drug-likeness (QED) is 0.478. The summed E-state index contributed by atoms with van der Waals surface area (Å²) in [7, 11) is 0. The van der Waals surface area contributed by atoms with Crippen LogP contribution in [0.5, 0.6) is 0 Å². The largest absolute Gasteiger partial charge is 0.416 e. The molecule has 0 aliphatic carbocycles. The van der Waals surface area contributed by atoms with Gasteiger partial charge in [0.05, 0.1) is 11.5 Å². The van der Waals surface area contributed by atoms with Gasteiger partial charge in [-0.3, -0.25) is 4.90 Å². The molecule has 186 valence electrons. The van der Waals surface area contributed by atoms with Crippen LogP contribution in [0, 0.1) is 5.92 Å². The van der Waals surface area contributed by atoms with Crippen molar-refractivity contribution in [3.63, 3.8) is 0 Å². The number of hydrogen-bond acceptors (Lipinski definition) is 3. The van der Waals surface area contributed by atoms with Crippen molar-refractivity contribution < 1.29 is 31.1 Å². The molecule has 0 radical (unpaired) electrons. The number of piperazine rings is 1. The third-order valence-electron chi connectivity index (χ3n) is 6.26. The maximum atomic E-state index is 12.9. The van der Waals surface area contributed by atoms with Crippen molar-refractivity contribution >= 4 is 11.7 Å². The maximum Gasteiger partial charge on any atom is 0.416 e. The first-order chi connectivity index (χ1) is 15.5. The normalized spacial score (nSPS) is 20.7. The number of nitrogens with zero attached hydrogens (tertiary/aromatic N) is 3. The summed E-state index contributed by atoms with van der Waals surface area (Å²) in [6.45, 7) is 3.98. The van der Waals surface area contributed by atoms with E-state index in [0.29, 0.717) is 44.7 Å². The monoisotopic (exact) mass is 480 g/mol. The summed E-state index contributed by atoms with van der Waals surface area (Å²) >= 11 is 0. The molecule has 3 rings (SSSR count). The van der Waals surface area contributed by atoms with Crippen molar-refractivity contribution in [2.75, 3.05) is 57.3 Å². The summed E-state index contributed by atoms with van der Waals surface area (Å²) in [5.74, 6) is -1.45. The molecule has 2 amide bonds. The van der Waals surface area contributed by atoms with Gasteiger partial charge < -0.3 is 15.1 Å². The molecule has 0 spiro atoms. The molecule has 1 unspecified atom stereocenters. The lowest BCUT2D eigenvalue weighted by molar-refractivity contribution is -0.184. The smallest absolute Gasteiger partial charge is 0.369 e. The molecule has 0 bridgehead atoms. The lowest BCUT2D eigenvalue weighted by Gasteiger charge is -2.36. The summed E-state index contributed by atoms with van der Waals surface area (Å²) in [6.07, 6.45) is -6.70. The number of anilines is 1. The minimum absolute atomic E-state index is 0.0638. The number of benzene rings is 1. The lowest BCUT2D eigenvalue weighted by Crippen LogP contribution is -2.48. The van der Waals surface area contributed by atoms with E-state index in [0.717, 1.165) is 32.1 Å². The Kier molecular flexibility index (Phi) is 8.36. The molecule has 2 aliphatic rings. The number of carbonyl (C=O) groups excluding carboxylic acids is 1. The minimum Gasteiger partial charge on any atom is -0.369 e. The molecule has 2 saturated heterocycles. The molecule has 0 saturated carbocycles. The summed E-state index contributed by atoms with van der Waals surface area (Å²) in [6, 6.07) is 4.91. The first kappa shape index (κ1) is 25.5. The Bertz CT molecular complexity index is 777.